The SMILES string of the molecule is CCc1ccc(S(=O)(=O)Nc2ccc(O)c(C(=O)O)c2)s1. The minimum absolute atomic E-state index is 0.0802. The van der Waals surface area contributed by atoms with Crippen molar-refractivity contribution >= 4 is 33.0 Å². The van der Waals surface area contributed by atoms with Gasteiger partial charge in [-0.15, -0.1) is 11.3 Å². The van der Waals surface area contributed by atoms with Gasteiger partial charge in [0.1, 0.15) is 15.5 Å². The van der Waals surface area contributed by atoms with Crippen LogP contribution in [0.5, 0.6) is 5.75 Å². The number of hydrogen-bond acceptors (Lipinski definition) is 5. The van der Waals surface area contributed by atoms with Crippen molar-refractivity contribution in [2.45, 2.75) is 17.6 Å². The predicted octanol–water partition coefficient (Wildman–Crippen LogP) is 2.52. The van der Waals surface area contributed by atoms with E-state index in [-0.39, 0.29) is 15.5 Å². The van der Waals surface area contributed by atoms with Crippen molar-refractivity contribution in [1.82, 2.24) is 0 Å². The second kappa shape index (κ2) is 5.74. The van der Waals surface area contributed by atoms with E-state index in [4.69, 9.17) is 5.11 Å². The molecule has 112 valence electrons. The molecule has 2 aromatic rings. The lowest BCUT2D eigenvalue weighted by atomic mass is 10.2. The third-order valence-corrected chi connectivity index (χ3v) is 5.83. The summed E-state index contributed by atoms with van der Waals surface area (Å²) in [7, 11) is -3.76. The average Bonchev–Trinajstić information content (AvgIpc) is 2.90. The molecular formula is C13H13NO5S2. The summed E-state index contributed by atoms with van der Waals surface area (Å²) in [6.45, 7) is 1.93. The molecule has 0 aliphatic carbocycles. The molecule has 1 aromatic carbocycles. The van der Waals surface area contributed by atoms with E-state index < -0.39 is 21.7 Å². The highest BCUT2D eigenvalue weighted by Gasteiger charge is 2.18. The van der Waals surface area contributed by atoms with Crippen molar-refractivity contribution in [2.24, 2.45) is 0 Å². The summed E-state index contributed by atoms with van der Waals surface area (Å²) >= 11 is 1.16. The fraction of sp³-hybridized carbons (Fsp3) is 0.154. The monoisotopic (exact) mass is 327 g/mol. The molecule has 1 heterocycles. The lowest BCUT2D eigenvalue weighted by Gasteiger charge is -2.08. The van der Waals surface area contributed by atoms with Crippen molar-refractivity contribution in [2.75, 3.05) is 4.72 Å². The van der Waals surface area contributed by atoms with Crippen LogP contribution in [0.2, 0.25) is 0 Å². The normalized spacial score (nSPS) is 11.3. The van der Waals surface area contributed by atoms with E-state index in [1.54, 1.807) is 6.07 Å². The molecule has 1 aromatic heterocycles. The molecule has 0 saturated heterocycles. The molecule has 0 saturated carbocycles. The van der Waals surface area contributed by atoms with Crippen LogP contribution in [0.25, 0.3) is 0 Å². The van der Waals surface area contributed by atoms with Crippen molar-refractivity contribution in [3.05, 3.63) is 40.8 Å². The zero-order chi connectivity index (χ0) is 15.6. The lowest BCUT2D eigenvalue weighted by Crippen LogP contribution is -2.12. The number of rotatable bonds is 5. The summed E-state index contributed by atoms with van der Waals surface area (Å²) in [4.78, 5) is 11.9. The number of benzene rings is 1. The van der Waals surface area contributed by atoms with Crippen LogP contribution in [0.4, 0.5) is 5.69 Å². The van der Waals surface area contributed by atoms with Crippen LogP contribution in [-0.2, 0) is 16.4 Å². The molecule has 0 unspecified atom stereocenters. The Labute approximate surface area is 125 Å². The molecule has 0 aliphatic rings. The van der Waals surface area contributed by atoms with Crippen LogP contribution in [0, 0.1) is 0 Å². The highest BCUT2D eigenvalue weighted by molar-refractivity contribution is 7.94. The van der Waals surface area contributed by atoms with E-state index in [1.807, 2.05) is 6.92 Å². The van der Waals surface area contributed by atoms with E-state index in [0.717, 1.165) is 34.8 Å². The Morgan fingerprint density at radius 3 is 2.57 bits per heavy atom. The highest BCUT2D eigenvalue weighted by atomic mass is 32.2. The maximum absolute atomic E-state index is 12.2. The number of phenols is 1. The van der Waals surface area contributed by atoms with Gasteiger partial charge in [-0.3, -0.25) is 4.72 Å². The Morgan fingerprint density at radius 1 is 1.29 bits per heavy atom. The smallest absolute Gasteiger partial charge is 0.339 e. The standard InChI is InChI=1S/C13H13NO5S2/c1-2-9-4-6-12(20-9)21(18,19)14-8-3-5-11(15)10(7-8)13(16)17/h3-7,14-15H,2H2,1H3,(H,16,17). The molecule has 6 nitrogen and oxygen atoms in total. The molecule has 0 atom stereocenters. The summed E-state index contributed by atoms with van der Waals surface area (Å²) in [5.41, 5.74) is -0.285. The van der Waals surface area contributed by atoms with E-state index in [1.165, 1.54) is 12.1 Å². The summed E-state index contributed by atoms with van der Waals surface area (Å²) in [5.74, 6) is -1.76. The number of hydrogen-bond donors (Lipinski definition) is 3. The Bertz CT molecular complexity index is 780. The van der Waals surface area contributed by atoms with Gasteiger partial charge < -0.3 is 10.2 Å². The number of aryl methyl sites for hydroxylation is 1. The Kier molecular flexibility index (Phi) is 4.19. The van der Waals surface area contributed by atoms with Crippen molar-refractivity contribution < 1.29 is 23.4 Å². The second-order valence-corrected chi connectivity index (χ2v) is 7.29. The third-order valence-electron chi connectivity index (χ3n) is 2.73. The fourth-order valence-electron chi connectivity index (χ4n) is 1.67. The lowest BCUT2D eigenvalue weighted by molar-refractivity contribution is 0.0694. The summed E-state index contributed by atoms with van der Waals surface area (Å²) < 4.78 is 26.8. The molecule has 0 fully saturated rings. The number of carboxylic acid groups (broad SMARTS) is 1. The van der Waals surface area contributed by atoms with Gasteiger partial charge in [-0.2, -0.15) is 0 Å². The van der Waals surface area contributed by atoms with Crippen molar-refractivity contribution in [3.8, 4) is 5.75 Å². The molecule has 8 heteroatoms. The van der Waals surface area contributed by atoms with E-state index >= 15 is 0 Å². The number of aromatic hydroxyl groups is 1. The van der Waals surface area contributed by atoms with Gasteiger partial charge in [0.15, 0.2) is 0 Å². The topological polar surface area (TPSA) is 104 Å². The Morgan fingerprint density at radius 2 is 2.00 bits per heavy atom. The van der Waals surface area contributed by atoms with Crippen LogP contribution in [0.3, 0.4) is 0 Å². The van der Waals surface area contributed by atoms with Crippen molar-refractivity contribution in [1.29, 1.82) is 0 Å². The molecule has 3 N–H and O–H groups in total. The number of sulfonamides is 1. The quantitative estimate of drug-likeness (QED) is 0.732. The van der Waals surface area contributed by atoms with Crippen molar-refractivity contribution in [3.63, 3.8) is 0 Å². The Balaban J connectivity index is 2.32. The molecule has 0 radical (unpaired) electrons. The van der Waals surface area contributed by atoms with Crippen LogP contribution >= 0.6 is 11.3 Å². The first kappa shape index (κ1) is 15.3. The Hall–Kier alpha value is -2.06. The van der Waals surface area contributed by atoms with Crippen LogP contribution < -0.4 is 4.72 Å². The number of aromatic carboxylic acids is 1. The third kappa shape index (κ3) is 3.34. The predicted molar refractivity (Wildman–Crippen MR) is 79.6 cm³/mol. The summed E-state index contributed by atoms with van der Waals surface area (Å²) in [6, 6.07) is 6.74. The zero-order valence-corrected chi connectivity index (χ0v) is 12.7. The summed E-state index contributed by atoms with van der Waals surface area (Å²) in [6.07, 6.45) is 0.739. The number of carbonyl (C=O) groups is 1. The summed E-state index contributed by atoms with van der Waals surface area (Å²) in [5, 5.41) is 18.3. The van der Waals surface area contributed by atoms with E-state index in [0.29, 0.717) is 0 Å². The largest absolute Gasteiger partial charge is 0.507 e. The van der Waals surface area contributed by atoms with Crippen LogP contribution in [0.15, 0.2) is 34.5 Å². The molecule has 0 spiro atoms. The first-order valence-electron chi connectivity index (χ1n) is 6.01. The molecule has 21 heavy (non-hydrogen) atoms. The van der Waals surface area contributed by atoms with Crippen LogP contribution in [-0.4, -0.2) is 24.6 Å². The van der Waals surface area contributed by atoms with Gasteiger partial charge in [0.25, 0.3) is 10.0 Å². The minimum Gasteiger partial charge on any atom is -0.507 e. The zero-order valence-electron chi connectivity index (χ0n) is 11.0. The fourth-order valence-corrected chi connectivity index (χ4v) is 4.01. The molecule has 2 rings (SSSR count). The molecule has 0 aliphatic heterocycles. The molecule has 0 bridgehead atoms. The van der Waals surface area contributed by atoms with E-state index in [2.05, 4.69) is 4.72 Å². The first-order chi connectivity index (χ1) is 9.83. The maximum Gasteiger partial charge on any atom is 0.339 e. The van der Waals surface area contributed by atoms with Gasteiger partial charge in [0.05, 0.1) is 0 Å². The molecule has 0 amide bonds. The van der Waals surface area contributed by atoms with Gasteiger partial charge in [0.2, 0.25) is 0 Å². The number of thiophene rings is 1. The highest BCUT2D eigenvalue weighted by Crippen LogP contribution is 2.26. The number of anilines is 1. The molecular weight excluding hydrogens is 314 g/mol. The maximum atomic E-state index is 12.2. The first-order valence-corrected chi connectivity index (χ1v) is 8.31. The second-order valence-electron chi connectivity index (χ2n) is 4.22. The van der Waals surface area contributed by atoms with Gasteiger partial charge in [-0.1, -0.05) is 6.92 Å². The van der Waals surface area contributed by atoms with Gasteiger partial charge >= 0.3 is 5.97 Å². The minimum atomic E-state index is -3.76. The number of nitrogens with one attached hydrogen (secondary N) is 1. The average molecular weight is 327 g/mol. The van der Waals surface area contributed by atoms with Gasteiger partial charge in [0, 0.05) is 10.6 Å². The van der Waals surface area contributed by atoms with Gasteiger partial charge in [-0.05, 0) is 36.8 Å². The van der Waals surface area contributed by atoms with E-state index in [9.17, 15) is 18.3 Å². The van der Waals surface area contributed by atoms with Crippen LogP contribution in [0.1, 0.15) is 22.2 Å². The van der Waals surface area contributed by atoms with Gasteiger partial charge in [-0.25, -0.2) is 13.2 Å². The number of carboxylic acids is 1.